The SMILES string of the molecule is CCOC(=O)c1c(NC(=O)[C@@H](C)OC(=O)c2cc(C)nc3ccccc23)sc2c1CCCC2. The van der Waals surface area contributed by atoms with Crippen LogP contribution in [0, 0.1) is 6.92 Å². The van der Waals surface area contributed by atoms with Gasteiger partial charge in [0.2, 0.25) is 0 Å². The number of hydrogen-bond donors (Lipinski definition) is 1. The number of para-hydroxylation sites is 1. The van der Waals surface area contributed by atoms with Crippen LogP contribution in [0.1, 0.15) is 63.5 Å². The highest BCUT2D eigenvalue weighted by molar-refractivity contribution is 7.17. The van der Waals surface area contributed by atoms with Gasteiger partial charge in [0, 0.05) is 16.0 Å². The highest BCUT2D eigenvalue weighted by Crippen LogP contribution is 2.38. The molecule has 1 aromatic carbocycles. The van der Waals surface area contributed by atoms with Crippen LogP contribution in [-0.2, 0) is 27.1 Å². The number of amides is 1. The van der Waals surface area contributed by atoms with Crippen LogP contribution < -0.4 is 5.32 Å². The number of nitrogens with one attached hydrogen (secondary N) is 1. The van der Waals surface area contributed by atoms with Gasteiger partial charge in [0.1, 0.15) is 5.00 Å². The van der Waals surface area contributed by atoms with Gasteiger partial charge in [-0.25, -0.2) is 9.59 Å². The molecule has 172 valence electrons. The molecule has 1 atom stereocenters. The number of pyridine rings is 1. The maximum atomic E-state index is 12.9. The third-order valence-electron chi connectivity index (χ3n) is 5.60. The molecule has 2 aromatic heterocycles. The van der Waals surface area contributed by atoms with Crippen molar-refractivity contribution in [1.82, 2.24) is 4.98 Å². The van der Waals surface area contributed by atoms with Crippen molar-refractivity contribution in [2.24, 2.45) is 0 Å². The van der Waals surface area contributed by atoms with Gasteiger partial charge in [-0.1, -0.05) is 18.2 Å². The van der Waals surface area contributed by atoms with Gasteiger partial charge in [-0.3, -0.25) is 9.78 Å². The van der Waals surface area contributed by atoms with Crippen molar-refractivity contribution in [2.75, 3.05) is 11.9 Å². The molecule has 0 spiro atoms. The van der Waals surface area contributed by atoms with E-state index in [2.05, 4.69) is 10.3 Å². The molecule has 1 amide bonds. The number of ether oxygens (including phenoxy) is 2. The second kappa shape index (κ2) is 9.70. The Morgan fingerprint density at radius 1 is 1.15 bits per heavy atom. The summed E-state index contributed by atoms with van der Waals surface area (Å²) in [6.07, 6.45) is 2.66. The van der Waals surface area contributed by atoms with E-state index >= 15 is 0 Å². The quantitative estimate of drug-likeness (QED) is 0.522. The first kappa shape index (κ1) is 22.9. The Morgan fingerprint density at radius 3 is 2.70 bits per heavy atom. The fraction of sp³-hybridized carbons (Fsp3) is 0.360. The Balaban J connectivity index is 1.54. The van der Waals surface area contributed by atoms with Gasteiger partial charge in [-0.05, 0) is 64.2 Å². The number of thiophene rings is 1. The maximum absolute atomic E-state index is 12.9. The Hall–Kier alpha value is -3.26. The zero-order chi connectivity index (χ0) is 23.5. The number of rotatable bonds is 6. The van der Waals surface area contributed by atoms with Gasteiger partial charge >= 0.3 is 11.9 Å². The number of nitrogens with zero attached hydrogens (tertiary/aromatic N) is 1. The van der Waals surface area contributed by atoms with Crippen molar-refractivity contribution >= 4 is 45.1 Å². The standard InChI is InChI=1S/C25H26N2O5S/c1-4-31-25(30)21-17-10-6-8-12-20(17)33-23(21)27-22(28)15(3)32-24(29)18-13-14(2)26-19-11-7-5-9-16(18)19/h5,7,9,11,13,15H,4,6,8,10,12H2,1-3H3,(H,27,28)/t15-/m1/s1. The maximum Gasteiger partial charge on any atom is 0.341 e. The van der Waals surface area contributed by atoms with Gasteiger partial charge in [-0.2, -0.15) is 0 Å². The molecule has 0 radical (unpaired) electrons. The summed E-state index contributed by atoms with van der Waals surface area (Å²) in [4.78, 5) is 43.9. The van der Waals surface area contributed by atoms with Crippen LogP contribution in [0.15, 0.2) is 30.3 Å². The zero-order valence-corrected chi connectivity index (χ0v) is 19.7. The molecule has 0 aliphatic heterocycles. The first-order valence-corrected chi connectivity index (χ1v) is 11.9. The van der Waals surface area contributed by atoms with Crippen LogP contribution in [0.3, 0.4) is 0 Å². The van der Waals surface area contributed by atoms with Crippen LogP contribution in [-0.4, -0.2) is 35.5 Å². The van der Waals surface area contributed by atoms with E-state index in [0.717, 1.165) is 36.1 Å². The predicted molar refractivity (Wildman–Crippen MR) is 127 cm³/mol. The molecule has 0 unspecified atom stereocenters. The molecule has 2 heterocycles. The summed E-state index contributed by atoms with van der Waals surface area (Å²) in [6, 6.07) is 8.94. The number of anilines is 1. The van der Waals surface area contributed by atoms with Crippen molar-refractivity contribution < 1.29 is 23.9 Å². The van der Waals surface area contributed by atoms with Gasteiger partial charge in [-0.15, -0.1) is 11.3 Å². The lowest BCUT2D eigenvalue weighted by atomic mass is 9.95. The summed E-state index contributed by atoms with van der Waals surface area (Å²) in [5.74, 6) is -1.53. The highest BCUT2D eigenvalue weighted by Gasteiger charge is 2.29. The topological polar surface area (TPSA) is 94.6 Å². The summed E-state index contributed by atoms with van der Waals surface area (Å²) in [7, 11) is 0. The number of hydrogen-bond acceptors (Lipinski definition) is 7. The second-order valence-corrected chi connectivity index (χ2v) is 9.11. The van der Waals surface area contributed by atoms with E-state index in [9.17, 15) is 14.4 Å². The third kappa shape index (κ3) is 4.75. The molecule has 4 rings (SSSR count). The molecule has 1 aliphatic carbocycles. The van der Waals surface area contributed by atoms with E-state index < -0.39 is 23.9 Å². The predicted octanol–water partition coefficient (Wildman–Crippen LogP) is 4.84. The fourth-order valence-electron chi connectivity index (χ4n) is 4.04. The number of aryl methyl sites for hydroxylation is 2. The number of aromatic nitrogens is 1. The van der Waals surface area contributed by atoms with Crippen molar-refractivity contribution in [3.63, 3.8) is 0 Å². The largest absolute Gasteiger partial charge is 0.462 e. The zero-order valence-electron chi connectivity index (χ0n) is 18.9. The van der Waals surface area contributed by atoms with Crippen molar-refractivity contribution in [1.29, 1.82) is 0 Å². The molecule has 0 saturated heterocycles. The van der Waals surface area contributed by atoms with Gasteiger partial charge in [0.05, 0.1) is 23.3 Å². The van der Waals surface area contributed by atoms with Crippen LogP contribution >= 0.6 is 11.3 Å². The average Bonchev–Trinajstić information content (AvgIpc) is 3.16. The van der Waals surface area contributed by atoms with Gasteiger partial charge < -0.3 is 14.8 Å². The molecule has 1 N–H and O–H groups in total. The number of fused-ring (bicyclic) bond motifs is 2. The van der Waals surface area contributed by atoms with Crippen molar-refractivity contribution in [3.8, 4) is 0 Å². The summed E-state index contributed by atoms with van der Waals surface area (Å²) < 4.78 is 10.7. The monoisotopic (exact) mass is 466 g/mol. The fourth-order valence-corrected chi connectivity index (χ4v) is 5.32. The average molecular weight is 467 g/mol. The van der Waals surface area contributed by atoms with E-state index in [1.165, 1.54) is 18.3 Å². The molecular formula is C25H26N2O5S. The molecule has 0 bridgehead atoms. The van der Waals surface area contributed by atoms with E-state index in [-0.39, 0.29) is 6.61 Å². The minimum atomic E-state index is -1.06. The minimum Gasteiger partial charge on any atom is -0.462 e. The summed E-state index contributed by atoms with van der Waals surface area (Å²) in [5, 5.41) is 3.92. The second-order valence-electron chi connectivity index (χ2n) is 8.00. The number of esters is 2. The Kier molecular flexibility index (Phi) is 6.74. The number of carbonyl (C=O) groups is 3. The van der Waals surface area contributed by atoms with Crippen molar-refractivity contribution in [2.45, 2.75) is 52.6 Å². The van der Waals surface area contributed by atoms with E-state index in [1.54, 1.807) is 26.0 Å². The third-order valence-corrected chi connectivity index (χ3v) is 6.81. The number of carbonyl (C=O) groups excluding carboxylic acids is 3. The summed E-state index contributed by atoms with van der Waals surface area (Å²) in [5.41, 5.74) is 3.12. The Labute approximate surface area is 196 Å². The van der Waals surface area contributed by atoms with E-state index in [0.29, 0.717) is 32.7 Å². The lowest BCUT2D eigenvalue weighted by Gasteiger charge is -2.15. The number of benzene rings is 1. The Bertz CT molecular complexity index is 1230. The Morgan fingerprint density at radius 2 is 1.91 bits per heavy atom. The van der Waals surface area contributed by atoms with E-state index in [4.69, 9.17) is 9.47 Å². The summed E-state index contributed by atoms with van der Waals surface area (Å²) in [6.45, 7) is 5.32. The summed E-state index contributed by atoms with van der Waals surface area (Å²) >= 11 is 1.40. The lowest BCUT2D eigenvalue weighted by Crippen LogP contribution is -2.30. The van der Waals surface area contributed by atoms with E-state index in [1.807, 2.05) is 18.2 Å². The normalized spacial score (nSPS) is 13.8. The molecule has 33 heavy (non-hydrogen) atoms. The molecule has 8 heteroatoms. The molecule has 0 saturated carbocycles. The van der Waals surface area contributed by atoms with Gasteiger partial charge in [0.25, 0.3) is 5.91 Å². The first-order chi connectivity index (χ1) is 15.9. The molecule has 0 fully saturated rings. The molecule has 1 aliphatic rings. The highest BCUT2D eigenvalue weighted by atomic mass is 32.1. The molecule has 7 nitrogen and oxygen atoms in total. The smallest absolute Gasteiger partial charge is 0.341 e. The van der Waals surface area contributed by atoms with Crippen molar-refractivity contribution in [3.05, 3.63) is 57.6 Å². The minimum absolute atomic E-state index is 0.254. The first-order valence-electron chi connectivity index (χ1n) is 11.1. The molecule has 3 aromatic rings. The van der Waals surface area contributed by atoms with Gasteiger partial charge in [0.15, 0.2) is 6.10 Å². The lowest BCUT2D eigenvalue weighted by molar-refractivity contribution is -0.123. The van der Waals surface area contributed by atoms with Crippen LogP contribution in [0.2, 0.25) is 0 Å². The van der Waals surface area contributed by atoms with Crippen LogP contribution in [0.25, 0.3) is 10.9 Å². The van der Waals surface area contributed by atoms with Crippen LogP contribution in [0.5, 0.6) is 0 Å². The van der Waals surface area contributed by atoms with Crippen LogP contribution in [0.4, 0.5) is 5.00 Å². The molecular weight excluding hydrogens is 440 g/mol.